The maximum atomic E-state index is 12.2. The number of alkyl carbamates (subject to hydrolysis) is 1. The summed E-state index contributed by atoms with van der Waals surface area (Å²) in [7, 11) is 1.41. The number of nitrogens with zero attached hydrogens (tertiary/aromatic N) is 1. The largest absolute Gasteiger partial charge is 0.483 e. The lowest BCUT2D eigenvalue weighted by Crippen LogP contribution is -2.39. The first-order valence-electron chi connectivity index (χ1n) is 9.91. The van der Waals surface area contributed by atoms with Gasteiger partial charge in [-0.15, -0.1) is 0 Å². The molecule has 10 nitrogen and oxygen atoms in total. The van der Waals surface area contributed by atoms with Gasteiger partial charge in [0.25, 0.3) is 0 Å². The zero-order chi connectivity index (χ0) is 23.3. The first-order valence-corrected chi connectivity index (χ1v) is 9.91. The minimum atomic E-state index is -0.722. The molecule has 3 amide bonds. The van der Waals surface area contributed by atoms with Crippen molar-refractivity contribution in [3.8, 4) is 0 Å². The summed E-state index contributed by atoms with van der Waals surface area (Å²) in [6.45, 7) is 1.84. The lowest BCUT2D eigenvalue weighted by molar-refractivity contribution is -0.134. The van der Waals surface area contributed by atoms with Crippen molar-refractivity contribution in [3.63, 3.8) is 0 Å². The lowest BCUT2D eigenvalue weighted by atomic mass is 9.89. The highest BCUT2D eigenvalue weighted by Gasteiger charge is 2.29. The van der Waals surface area contributed by atoms with E-state index in [1.54, 1.807) is 0 Å². The molecule has 1 aliphatic heterocycles. The Labute approximate surface area is 184 Å². The van der Waals surface area contributed by atoms with Gasteiger partial charge in [0.1, 0.15) is 12.4 Å². The fourth-order valence-corrected chi connectivity index (χ4v) is 3.34. The number of nitrogens with two attached hydrogens (primary N) is 2. The minimum absolute atomic E-state index is 0.0146. The monoisotopic (exact) mass is 439 g/mol. The lowest BCUT2D eigenvalue weighted by Gasteiger charge is -2.22. The number of rotatable bonds is 6. The van der Waals surface area contributed by atoms with Crippen LogP contribution in [0.2, 0.25) is 0 Å². The molecule has 2 aromatic rings. The van der Waals surface area contributed by atoms with Gasteiger partial charge in [0.15, 0.2) is 5.88 Å². The highest BCUT2D eigenvalue weighted by atomic mass is 16.5. The van der Waals surface area contributed by atoms with E-state index in [-0.39, 0.29) is 30.1 Å². The molecule has 6 N–H and O–H groups in total. The zero-order valence-corrected chi connectivity index (χ0v) is 17.8. The molecule has 2 heterocycles. The third-order valence-corrected chi connectivity index (χ3v) is 5.01. The van der Waals surface area contributed by atoms with Crippen molar-refractivity contribution in [2.75, 3.05) is 7.11 Å². The number of piperidine rings is 1. The molecule has 3 rings (SSSR count). The van der Waals surface area contributed by atoms with Crippen LogP contribution >= 0.6 is 0 Å². The fraction of sp³-hybridized carbons (Fsp3) is 0.273. The fourth-order valence-electron chi connectivity index (χ4n) is 3.34. The Morgan fingerprint density at radius 1 is 1.28 bits per heavy atom. The van der Waals surface area contributed by atoms with Gasteiger partial charge in [0, 0.05) is 23.6 Å². The Kier molecular flexibility index (Phi) is 6.93. The molecule has 0 radical (unpaired) electrons. The maximum absolute atomic E-state index is 12.2. The number of aryl methyl sites for hydroxylation is 1. The second-order valence-electron chi connectivity index (χ2n) is 7.29. The van der Waals surface area contributed by atoms with E-state index >= 15 is 0 Å². The molecule has 1 aromatic heterocycles. The second kappa shape index (κ2) is 9.82. The summed E-state index contributed by atoms with van der Waals surface area (Å²) in [6.07, 6.45) is 2.83. The first kappa shape index (κ1) is 22.6. The van der Waals surface area contributed by atoms with Gasteiger partial charge in [0.05, 0.1) is 18.5 Å². The number of imide groups is 1. The van der Waals surface area contributed by atoms with E-state index in [0.717, 1.165) is 16.5 Å². The molecular weight excluding hydrogens is 414 g/mol. The Balaban J connectivity index is 1.67. The molecular formula is C22H25N5O5. The SMILES string of the molecule is CO/C(N)=C/C=C(\N)NC(=O)OCc1ccc2cc(C3CCC(=O)NC3=O)c(C)nc2c1. The van der Waals surface area contributed by atoms with Crippen LogP contribution in [0.1, 0.15) is 35.6 Å². The van der Waals surface area contributed by atoms with Crippen LogP contribution in [0.25, 0.3) is 10.9 Å². The number of methoxy groups -OCH3 is 1. The van der Waals surface area contributed by atoms with Crippen LogP contribution in [0.4, 0.5) is 4.79 Å². The van der Waals surface area contributed by atoms with Crippen LogP contribution < -0.4 is 22.1 Å². The van der Waals surface area contributed by atoms with Crippen LogP contribution in [0.5, 0.6) is 0 Å². The standard InChI is InChI=1S/C22H25N5O5/c1-12-16(15-5-8-20(28)27-21(15)29)10-14-4-3-13(9-17(14)25-12)11-32-22(30)26-18(23)6-7-19(24)31-2/h3-4,6-7,9-10,15H,5,8,11,23-24H2,1-2H3,(H,26,30)(H,27,28,29)/b18-6+,19-7+. The number of carbonyl (C=O) groups is 3. The summed E-state index contributed by atoms with van der Waals surface area (Å²) >= 11 is 0. The van der Waals surface area contributed by atoms with E-state index < -0.39 is 12.0 Å². The van der Waals surface area contributed by atoms with Crippen molar-refractivity contribution in [3.05, 3.63) is 64.9 Å². The Morgan fingerprint density at radius 2 is 2.06 bits per heavy atom. The predicted molar refractivity (Wildman–Crippen MR) is 116 cm³/mol. The summed E-state index contributed by atoms with van der Waals surface area (Å²) in [4.78, 5) is 40.2. The number of carbonyl (C=O) groups excluding carboxylic acids is 3. The van der Waals surface area contributed by atoms with Gasteiger partial charge in [-0.2, -0.15) is 0 Å². The molecule has 32 heavy (non-hydrogen) atoms. The van der Waals surface area contributed by atoms with Crippen molar-refractivity contribution in [1.82, 2.24) is 15.6 Å². The Bertz CT molecular complexity index is 1130. The van der Waals surface area contributed by atoms with Crippen molar-refractivity contribution in [1.29, 1.82) is 0 Å². The number of ether oxygens (including phenoxy) is 2. The highest BCUT2D eigenvalue weighted by Crippen LogP contribution is 2.29. The molecule has 0 aliphatic carbocycles. The smallest absolute Gasteiger partial charge is 0.413 e. The summed E-state index contributed by atoms with van der Waals surface area (Å²) in [5, 5.41) is 5.60. The van der Waals surface area contributed by atoms with E-state index in [1.165, 1.54) is 19.3 Å². The van der Waals surface area contributed by atoms with Crippen molar-refractivity contribution < 1.29 is 23.9 Å². The van der Waals surface area contributed by atoms with Crippen LogP contribution in [0.15, 0.2) is 48.1 Å². The van der Waals surface area contributed by atoms with E-state index in [1.807, 2.05) is 31.2 Å². The quantitative estimate of drug-likeness (QED) is 0.300. The zero-order valence-electron chi connectivity index (χ0n) is 17.8. The molecule has 1 unspecified atom stereocenters. The minimum Gasteiger partial charge on any atom is -0.483 e. The van der Waals surface area contributed by atoms with E-state index in [4.69, 9.17) is 20.9 Å². The number of aromatic nitrogens is 1. The van der Waals surface area contributed by atoms with Gasteiger partial charge in [-0.05, 0) is 42.7 Å². The van der Waals surface area contributed by atoms with Gasteiger partial charge in [-0.1, -0.05) is 12.1 Å². The molecule has 1 aliphatic rings. The molecule has 1 saturated heterocycles. The van der Waals surface area contributed by atoms with E-state index in [2.05, 4.69) is 15.6 Å². The number of allylic oxidation sites excluding steroid dienone is 2. The predicted octanol–water partition coefficient (Wildman–Crippen LogP) is 1.54. The maximum Gasteiger partial charge on any atom is 0.413 e. The summed E-state index contributed by atoms with van der Waals surface area (Å²) in [5.74, 6) is -0.757. The second-order valence-corrected chi connectivity index (χ2v) is 7.29. The number of benzene rings is 1. The normalized spacial score (nSPS) is 17.1. The number of fused-ring (bicyclic) bond motifs is 1. The molecule has 0 saturated carbocycles. The Hall–Kier alpha value is -4.08. The van der Waals surface area contributed by atoms with Crippen LogP contribution in [0.3, 0.4) is 0 Å². The van der Waals surface area contributed by atoms with Crippen LogP contribution in [-0.4, -0.2) is 30.0 Å². The molecule has 1 atom stereocenters. The molecule has 0 bridgehead atoms. The van der Waals surface area contributed by atoms with Gasteiger partial charge in [-0.25, -0.2) is 4.79 Å². The molecule has 0 spiro atoms. The van der Waals surface area contributed by atoms with E-state index in [9.17, 15) is 14.4 Å². The van der Waals surface area contributed by atoms with Gasteiger partial charge in [-0.3, -0.25) is 25.2 Å². The topological polar surface area (TPSA) is 159 Å². The third kappa shape index (κ3) is 5.54. The highest BCUT2D eigenvalue weighted by molar-refractivity contribution is 6.01. The summed E-state index contributed by atoms with van der Waals surface area (Å²) in [6, 6.07) is 7.38. The molecule has 168 valence electrons. The summed E-state index contributed by atoms with van der Waals surface area (Å²) < 4.78 is 9.95. The van der Waals surface area contributed by atoms with Crippen molar-refractivity contribution in [2.45, 2.75) is 32.3 Å². The van der Waals surface area contributed by atoms with Crippen LogP contribution in [-0.2, 0) is 25.7 Å². The number of amides is 3. The Morgan fingerprint density at radius 3 is 2.78 bits per heavy atom. The average Bonchev–Trinajstić information content (AvgIpc) is 2.75. The number of hydrogen-bond acceptors (Lipinski definition) is 8. The van der Waals surface area contributed by atoms with Crippen molar-refractivity contribution in [2.24, 2.45) is 11.5 Å². The van der Waals surface area contributed by atoms with Crippen molar-refractivity contribution >= 4 is 28.8 Å². The number of pyridine rings is 1. The third-order valence-electron chi connectivity index (χ3n) is 5.01. The first-order chi connectivity index (χ1) is 15.3. The van der Waals surface area contributed by atoms with Crippen LogP contribution in [0, 0.1) is 6.92 Å². The number of hydrogen-bond donors (Lipinski definition) is 4. The van der Waals surface area contributed by atoms with E-state index in [0.29, 0.717) is 24.1 Å². The molecule has 1 aromatic carbocycles. The van der Waals surface area contributed by atoms with Gasteiger partial charge in [0.2, 0.25) is 11.8 Å². The molecule has 10 heteroatoms. The summed E-state index contributed by atoms with van der Waals surface area (Å²) in [5.41, 5.74) is 14.1. The number of nitrogens with one attached hydrogen (secondary N) is 2. The average molecular weight is 439 g/mol. The van der Waals surface area contributed by atoms with Gasteiger partial charge < -0.3 is 20.9 Å². The van der Waals surface area contributed by atoms with Gasteiger partial charge >= 0.3 is 6.09 Å². The molecule has 1 fully saturated rings.